The molecule has 23 aliphatic rings. The summed E-state index contributed by atoms with van der Waals surface area (Å²) in [4.78, 5) is 83.2. The summed E-state index contributed by atoms with van der Waals surface area (Å²) in [6, 6.07) is 4.72. The van der Waals surface area contributed by atoms with E-state index in [0.717, 1.165) is 218 Å². The van der Waals surface area contributed by atoms with E-state index in [4.69, 9.17) is 4.74 Å². The van der Waals surface area contributed by atoms with Gasteiger partial charge in [-0.1, -0.05) is 26.8 Å². The standard InChI is InChI=1S/C30H40O4.C28H38O3.C28H38O2.4C2H4O2.H2O.Pb/c1-17(31)34-30-16-25(29-13-18-9-19(14-29)11-20(10-18)15-29)26(32)12-21(30)3-4-22-23-5-6-27(33)28(23,2)8-7-24(22)30;1-26-7-6-22-20(21(26)4-5-25(26)30)3-2-19-11-24(29)23(15-28(19,22)31)27-12-16-8-17(13-27)10-18(9-16)14-27;1-27-7-6-20-21(23(27)4-5-26(27)30)3-2-19-11-25(29)24(12-22(19)20)28-13-16-8-17(14-28)10-18(9-16)15-28;4*1-2(3)4;;/h12,16,18-20,22-24,27,33H,3-11,13-15H2,1-2H3;11,15-18,20-22,25,30-31H,2-10,12-14H2,1H3;11-12,16-18,20-21,23,26,29-30H,2-10,13-15H2,1H3;4*1H3,(H,3,4);1H2;/q;;;;;;;;+4/p-5/t18?,19?,20?,22-,23-,24-,27-,28-,29?,30+;16?,17?,18?,20-,21-,22-,25-,26-,27?,28+;16?,17?,18?,20-,21+,23-,26-,27-,28?;;;;;;/m000....../s1. The number of hydrogen-bond acceptors (Lipinski definition) is 18. The quantitative estimate of drug-likeness (QED) is 0.119. The van der Waals surface area contributed by atoms with Gasteiger partial charge in [0.2, 0.25) is 0 Å². The summed E-state index contributed by atoms with van der Waals surface area (Å²) < 4.78 is 24.9. The van der Waals surface area contributed by atoms with E-state index in [9.17, 15) is 59.1 Å². The fourth-order valence-corrected chi connectivity index (χ4v) is 39.6. The van der Waals surface area contributed by atoms with Gasteiger partial charge in [-0.15, -0.1) is 0 Å². The average Bonchev–Trinajstić information content (AvgIpc) is 1.02. The molecule has 113 heavy (non-hydrogen) atoms. The Balaban J connectivity index is 0.000000112. The van der Waals surface area contributed by atoms with Gasteiger partial charge in [0.15, 0.2) is 17.2 Å². The van der Waals surface area contributed by atoms with Crippen LogP contribution in [0.5, 0.6) is 5.75 Å². The third-order valence-electron chi connectivity index (χ3n) is 36.3. The number of aliphatic hydroxyl groups is 4. The molecule has 0 spiro atoms. The molecule has 0 heterocycles. The van der Waals surface area contributed by atoms with E-state index in [2.05, 4.69) is 55.8 Å². The number of carbonyl (C=O) groups is 7. The molecular weight excluding hydrogens is 1620 g/mol. The zero-order valence-electron chi connectivity index (χ0n) is 68.6. The zero-order valence-corrected chi connectivity index (χ0v) is 72.5. The van der Waals surface area contributed by atoms with Crippen molar-refractivity contribution in [2.75, 3.05) is 0 Å². The van der Waals surface area contributed by atoms with Gasteiger partial charge in [0.25, 0.3) is 0 Å². The third kappa shape index (κ3) is 13.5. The van der Waals surface area contributed by atoms with Gasteiger partial charge < -0.3 is 35.7 Å². The van der Waals surface area contributed by atoms with E-state index in [-0.39, 0.29) is 85.6 Å². The van der Waals surface area contributed by atoms with E-state index in [1.54, 1.807) is 5.56 Å². The van der Waals surface area contributed by atoms with Crippen LogP contribution in [0.2, 0.25) is 0 Å². The van der Waals surface area contributed by atoms with E-state index < -0.39 is 58.1 Å². The van der Waals surface area contributed by atoms with Crippen LogP contribution in [-0.4, -0.2) is 125 Å². The number of carbonyl (C=O) groups excluding carboxylic acids is 7. The van der Waals surface area contributed by atoms with Crippen LogP contribution in [0.4, 0.5) is 0 Å². The third-order valence-corrected chi connectivity index (χ3v) is 44.6. The van der Waals surface area contributed by atoms with Crippen molar-refractivity contribution in [2.45, 2.75) is 327 Å². The molecular formula is C94H129O18Pb-. The summed E-state index contributed by atoms with van der Waals surface area (Å²) in [6.45, 7) is 12.5. The van der Waals surface area contributed by atoms with Crippen molar-refractivity contribution in [2.24, 2.45) is 128 Å². The number of hydrogen-bond donors (Lipinski definition) is 5. The van der Waals surface area contributed by atoms with E-state index in [0.29, 0.717) is 41.3 Å². The molecule has 6 N–H and O–H groups in total. The molecule has 0 aromatic heterocycles. The second-order valence-electron chi connectivity index (χ2n) is 42.6. The molecule has 618 valence electrons. The van der Waals surface area contributed by atoms with Gasteiger partial charge in [-0.05, 0) is 417 Å². The number of ketones is 2. The van der Waals surface area contributed by atoms with Gasteiger partial charge in [-0.2, -0.15) is 0 Å². The van der Waals surface area contributed by atoms with E-state index in [1.807, 2.05) is 12.2 Å². The summed E-state index contributed by atoms with van der Waals surface area (Å²) in [6.07, 6.45) is 49.8. The first-order valence-corrected chi connectivity index (χ1v) is 51.1. The fraction of sp³-hybridized carbons (Fsp3) is 0.777. The molecule has 17 atom stereocenters. The maximum Gasteiger partial charge on any atom is 0.182 e. The van der Waals surface area contributed by atoms with Crippen molar-refractivity contribution < 1.29 is 80.1 Å². The molecule has 0 unspecified atom stereocenters. The molecule has 1 aromatic carbocycles. The van der Waals surface area contributed by atoms with Crippen molar-refractivity contribution in [3.05, 3.63) is 75.4 Å². The maximum absolute atomic E-state index is 13.7. The van der Waals surface area contributed by atoms with Crippen LogP contribution in [0.15, 0.2) is 58.7 Å². The number of benzene rings is 1. The second kappa shape index (κ2) is 29.1. The summed E-state index contributed by atoms with van der Waals surface area (Å²) in [7, 11) is 0. The largest absolute Gasteiger partial charge is 0.870 e. The maximum atomic E-state index is 13.7. The van der Waals surface area contributed by atoms with Crippen molar-refractivity contribution in [3.8, 4) is 5.75 Å². The number of phenolic OH excluding ortho intramolecular Hbond substituents is 1. The van der Waals surface area contributed by atoms with Gasteiger partial charge in [0, 0.05) is 29.6 Å². The number of aliphatic hydroxyl groups excluding tert-OH is 3. The molecule has 12 bridgehead atoms. The van der Waals surface area contributed by atoms with Crippen molar-refractivity contribution in [1.29, 1.82) is 0 Å². The molecule has 18 nitrogen and oxygen atoms in total. The molecule has 0 saturated heterocycles. The molecule has 0 amide bonds. The monoisotopic (exact) mass is 1750 g/mol. The smallest absolute Gasteiger partial charge is 0.182 e. The topological polar surface area (TPSA) is 297 Å². The van der Waals surface area contributed by atoms with Crippen LogP contribution < -0.4 is 0 Å². The molecule has 0 aliphatic heterocycles. The van der Waals surface area contributed by atoms with Crippen LogP contribution >= 0.6 is 0 Å². The Labute approximate surface area is 676 Å². The average molecular weight is 1750 g/mol. The number of aromatic hydroxyl groups is 1. The van der Waals surface area contributed by atoms with Crippen molar-refractivity contribution in [1.82, 2.24) is 0 Å². The molecule has 20 fully saturated rings. The number of fused-ring (bicyclic) bond motifs is 15. The Bertz CT molecular complexity index is 3990. The number of esters is 1. The number of allylic oxidation sites excluding steroid dienone is 4. The molecule has 24 rings (SSSR count). The van der Waals surface area contributed by atoms with Crippen LogP contribution in [0.25, 0.3) is 0 Å². The Hall–Kier alpha value is -4.61. The number of rotatable bonds is 8. The summed E-state index contributed by atoms with van der Waals surface area (Å²) in [5, 5.41) is 55.8. The number of phenols is 1. The Morgan fingerprint density at radius 1 is 0.416 bits per heavy atom. The Morgan fingerprint density at radius 2 is 0.779 bits per heavy atom. The second-order valence-corrected chi connectivity index (χ2v) is 49.7. The minimum Gasteiger partial charge on any atom is -0.870 e. The molecule has 1 aromatic rings. The van der Waals surface area contributed by atoms with Crippen molar-refractivity contribution >= 4 is 64.4 Å². The van der Waals surface area contributed by atoms with Gasteiger partial charge in [0.1, 0.15) is 11.4 Å². The first kappa shape index (κ1) is 80.8. The molecule has 20 saturated carbocycles. The van der Waals surface area contributed by atoms with Crippen LogP contribution in [-0.2, 0) is 60.9 Å². The predicted molar refractivity (Wildman–Crippen MR) is 421 cm³/mol. The van der Waals surface area contributed by atoms with Crippen LogP contribution in [0.3, 0.4) is 0 Å². The minimum absolute atomic E-state index is 0. The van der Waals surface area contributed by atoms with Gasteiger partial charge in [-0.25, -0.2) is 0 Å². The van der Waals surface area contributed by atoms with Crippen LogP contribution in [0.1, 0.15) is 303 Å². The molecule has 19 heteroatoms. The Kier molecular flexibility index (Phi) is 20.8. The van der Waals surface area contributed by atoms with E-state index in [1.165, 1.54) is 140 Å². The first-order chi connectivity index (χ1) is 53.1. The van der Waals surface area contributed by atoms with E-state index >= 15 is 0 Å². The number of ether oxygens (including phenoxy) is 1. The number of aryl methyl sites for hydroxylation is 1. The van der Waals surface area contributed by atoms with Gasteiger partial charge in [-0.3, -0.25) is 14.4 Å². The zero-order chi connectivity index (χ0) is 78.5. The normalized spacial score (nSPS) is 46.6. The fourth-order valence-electron chi connectivity index (χ4n) is 33.1. The minimum atomic E-state index is -5.43. The van der Waals surface area contributed by atoms with Crippen molar-refractivity contribution in [3.63, 3.8) is 0 Å². The van der Waals surface area contributed by atoms with Crippen LogP contribution in [0, 0.1) is 128 Å². The molecule has 0 radical (unpaired) electrons. The summed E-state index contributed by atoms with van der Waals surface area (Å²) in [5.41, 5.74) is 7.20. The predicted octanol–water partition coefficient (Wildman–Crippen LogP) is 16.1. The van der Waals surface area contributed by atoms with Gasteiger partial charge >= 0.3 is 110 Å². The first-order valence-electron chi connectivity index (χ1n) is 44.7. The molecule has 23 aliphatic carbocycles. The summed E-state index contributed by atoms with van der Waals surface area (Å²) >= 11 is -5.43. The SMILES string of the molecule is CC(=O)O[C@]12C=C(C34CC5CC(CC(C5)C3)C4)C(=O)C=C1CC[C@H]1[C@@H]3CC[C@H](O)[C@@]3(C)CC[C@@H]12.CC(=O)[O][Pb]([O]C(C)=O)([O]C(C)=O)[O]C(C)=O.C[C@]12CC[C@@H]3c4cc(C56CC7CC(CC(C7)C5)C6)c(O)cc4CC[C@H]3[C@@H]1CC[C@@H]2O.C[C@]12CC[C@H]3[C@@H](CCC4=CC(=O)C(C56CC7CC(CC(C7)C5)C6)=C[C@@]43O)[C@@H]1CC[C@@H]2O.[OH-]. The Morgan fingerprint density at radius 3 is 1.20 bits per heavy atom. The van der Waals surface area contributed by atoms with Gasteiger partial charge in [0.05, 0.1) is 18.3 Å². The summed E-state index contributed by atoms with van der Waals surface area (Å²) in [5.74, 6) is 9.15.